The average molecular weight is 885 g/mol. The maximum atomic E-state index is 14.5. The highest BCUT2D eigenvalue weighted by molar-refractivity contribution is 6.76. The molecule has 0 saturated heterocycles. The summed E-state index contributed by atoms with van der Waals surface area (Å²) in [4.78, 5) is 14.5. The Balaban J connectivity index is 1.25. The van der Waals surface area contributed by atoms with Gasteiger partial charge >= 0.3 is 0 Å². The smallest absolute Gasteiger partial charge is 0.203 e. The van der Waals surface area contributed by atoms with E-state index in [1.165, 1.54) is 6.08 Å². The van der Waals surface area contributed by atoms with E-state index in [0.29, 0.717) is 58.8 Å². The molecule has 0 bridgehead atoms. The van der Waals surface area contributed by atoms with Crippen molar-refractivity contribution in [1.82, 2.24) is 0 Å². The van der Waals surface area contributed by atoms with E-state index in [4.69, 9.17) is 33.2 Å². The Hall–Kier alpha value is -7.07. The fraction of sp³-hybridized carbons (Fsp3) is 0.196. The average Bonchev–Trinajstić information content (AvgIpc) is 3.33. The molecule has 0 aliphatic carbocycles. The van der Waals surface area contributed by atoms with Crippen molar-refractivity contribution in [2.45, 2.75) is 58.7 Å². The minimum absolute atomic E-state index is 0.00814. The fourth-order valence-electron chi connectivity index (χ4n) is 6.61. The molecule has 9 heteroatoms. The van der Waals surface area contributed by atoms with E-state index >= 15 is 0 Å². The van der Waals surface area contributed by atoms with Crippen LogP contribution in [0.1, 0.15) is 43.7 Å². The van der Waals surface area contributed by atoms with E-state index < -0.39 is 8.07 Å². The van der Waals surface area contributed by atoms with E-state index in [1.54, 1.807) is 18.2 Å². The van der Waals surface area contributed by atoms with Gasteiger partial charge in [-0.2, -0.15) is 0 Å². The molecule has 7 aromatic rings. The lowest BCUT2D eigenvalue weighted by atomic mass is 10.1. The molecule has 0 N–H and O–H groups in total. The number of benzene rings is 7. The molecule has 8 nitrogen and oxygen atoms in total. The normalized spacial score (nSPS) is 11.2. The van der Waals surface area contributed by atoms with Crippen LogP contribution in [0.25, 0.3) is 6.08 Å². The SMILES string of the molecule is C[Si](C)(C)CCOCOc1cc(OCc2ccccc2)cc(OCc2ccccc2)c1/C=C/C(=O)c1cc(OCc2ccccc2)c(OCc2ccccc2)c(OCc2ccccc2)c1. The van der Waals surface area contributed by atoms with Gasteiger partial charge in [0.2, 0.25) is 5.75 Å². The van der Waals surface area contributed by atoms with Gasteiger partial charge in [-0.15, -0.1) is 0 Å². The summed E-state index contributed by atoms with van der Waals surface area (Å²) >= 11 is 0. The minimum Gasteiger partial charge on any atom is -0.489 e. The van der Waals surface area contributed by atoms with Gasteiger partial charge in [-0.25, -0.2) is 0 Å². The first-order valence-corrected chi connectivity index (χ1v) is 25.6. The van der Waals surface area contributed by atoms with Gasteiger partial charge < -0.3 is 33.2 Å². The maximum Gasteiger partial charge on any atom is 0.203 e. The Morgan fingerprint density at radius 1 is 0.462 bits per heavy atom. The predicted molar refractivity (Wildman–Crippen MR) is 260 cm³/mol. The lowest BCUT2D eigenvalue weighted by Crippen LogP contribution is -2.22. The van der Waals surface area contributed by atoms with Crippen molar-refractivity contribution in [3.63, 3.8) is 0 Å². The number of allylic oxidation sites excluding steroid dienone is 1. The standard InChI is InChI=1S/C56H56O8Si/c1-65(2,3)32-31-58-42-64-53-36-49(59-37-43-19-9-4-10-20-43)35-52(60-38-44-21-11-5-12-22-44)50(53)29-30-51(57)48-33-54(61-39-45-23-13-6-14-24-45)56(63-41-47-27-17-8-18-28-47)55(34-48)62-40-46-25-15-7-16-26-46/h4-30,33-36H,31-32,37-42H2,1-3H3/b30-29+. The van der Waals surface area contributed by atoms with Gasteiger partial charge in [0.05, 0.1) is 5.56 Å². The van der Waals surface area contributed by atoms with Crippen LogP contribution in [0.4, 0.5) is 0 Å². The van der Waals surface area contributed by atoms with Crippen molar-refractivity contribution < 1.29 is 38.0 Å². The summed E-state index contributed by atoms with van der Waals surface area (Å²) in [6, 6.07) is 57.5. The summed E-state index contributed by atoms with van der Waals surface area (Å²) in [5.41, 5.74) is 5.78. The Bertz CT molecular complexity index is 2500. The lowest BCUT2D eigenvalue weighted by Gasteiger charge is -2.19. The van der Waals surface area contributed by atoms with Gasteiger partial charge in [0, 0.05) is 32.4 Å². The van der Waals surface area contributed by atoms with Gasteiger partial charge in [0.1, 0.15) is 50.3 Å². The quantitative estimate of drug-likeness (QED) is 0.0195. The molecule has 7 aromatic carbocycles. The molecule has 0 aromatic heterocycles. The highest BCUT2D eigenvalue weighted by Crippen LogP contribution is 2.41. The molecule has 332 valence electrons. The number of hydrogen-bond donors (Lipinski definition) is 0. The summed E-state index contributed by atoms with van der Waals surface area (Å²) in [6.07, 6.45) is 3.23. The van der Waals surface area contributed by atoms with E-state index in [0.717, 1.165) is 33.9 Å². The highest BCUT2D eigenvalue weighted by atomic mass is 28.3. The van der Waals surface area contributed by atoms with E-state index in [1.807, 2.05) is 164 Å². The monoisotopic (exact) mass is 884 g/mol. The minimum atomic E-state index is -1.33. The number of ketones is 1. The van der Waals surface area contributed by atoms with Crippen LogP contribution in [0.15, 0.2) is 182 Å². The molecule has 0 spiro atoms. The summed E-state index contributed by atoms with van der Waals surface area (Å²) < 4.78 is 44.6. The third kappa shape index (κ3) is 14.7. The summed E-state index contributed by atoms with van der Waals surface area (Å²) in [5.74, 6) is 2.31. The number of hydrogen-bond acceptors (Lipinski definition) is 8. The van der Waals surface area contributed by atoms with Crippen LogP contribution in [0, 0.1) is 0 Å². The molecule has 0 radical (unpaired) electrons. The number of ether oxygens (including phenoxy) is 7. The predicted octanol–water partition coefficient (Wildman–Crippen LogP) is 13.2. The Morgan fingerprint density at radius 3 is 1.28 bits per heavy atom. The summed E-state index contributed by atoms with van der Waals surface area (Å²) in [5, 5.41) is 0. The van der Waals surface area contributed by atoms with Gasteiger partial charge in [-0.1, -0.05) is 171 Å². The second-order valence-electron chi connectivity index (χ2n) is 16.7. The van der Waals surface area contributed by atoms with Crippen LogP contribution in [0.2, 0.25) is 25.7 Å². The van der Waals surface area contributed by atoms with Crippen molar-refractivity contribution in [1.29, 1.82) is 0 Å². The summed E-state index contributed by atoms with van der Waals surface area (Å²) in [6.45, 7) is 8.88. The van der Waals surface area contributed by atoms with E-state index in [-0.39, 0.29) is 39.0 Å². The lowest BCUT2D eigenvalue weighted by molar-refractivity contribution is 0.0216. The third-order valence-electron chi connectivity index (χ3n) is 10.3. The fourth-order valence-corrected chi connectivity index (χ4v) is 7.37. The maximum absolute atomic E-state index is 14.5. The number of carbonyl (C=O) groups excluding carboxylic acids is 1. The first-order valence-electron chi connectivity index (χ1n) is 21.9. The van der Waals surface area contributed by atoms with Crippen molar-refractivity contribution in [3.8, 4) is 34.5 Å². The molecule has 0 fully saturated rings. The van der Waals surface area contributed by atoms with Crippen LogP contribution in [0.5, 0.6) is 34.5 Å². The topological polar surface area (TPSA) is 81.7 Å². The molecular weight excluding hydrogens is 829 g/mol. The molecule has 0 aliphatic heterocycles. The number of rotatable bonds is 24. The zero-order valence-electron chi connectivity index (χ0n) is 37.3. The Labute approximate surface area is 384 Å². The summed E-state index contributed by atoms with van der Waals surface area (Å²) in [7, 11) is -1.33. The molecular formula is C56H56O8Si. The first-order chi connectivity index (χ1) is 31.8. The zero-order chi connectivity index (χ0) is 45.1. The van der Waals surface area contributed by atoms with Crippen LogP contribution in [0.3, 0.4) is 0 Å². The van der Waals surface area contributed by atoms with Crippen molar-refractivity contribution in [2.75, 3.05) is 13.4 Å². The Kier molecular flexibility index (Phi) is 16.7. The molecule has 7 rings (SSSR count). The molecule has 0 atom stereocenters. The molecule has 0 unspecified atom stereocenters. The van der Waals surface area contributed by atoms with Crippen molar-refractivity contribution in [3.05, 3.63) is 221 Å². The van der Waals surface area contributed by atoms with Crippen LogP contribution >= 0.6 is 0 Å². The largest absolute Gasteiger partial charge is 0.489 e. The molecule has 0 aliphatic rings. The zero-order valence-corrected chi connectivity index (χ0v) is 38.3. The molecule has 65 heavy (non-hydrogen) atoms. The second-order valence-corrected chi connectivity index (χ2v) is 22.3. The van der Waals surface area contributed by atoms with Gasteiger partial charge in [0.25, 0.3) is 0 Å². The van der Waals surface area contributed by atoms with Gasteiger partial charge in [-0.05, 0) is 58.1 Å². The highest BCUT2D eigenvalue weighted by Gasteiger charge is 2.21. The second kappa shape index (κ2) is 23.6. The molecule has 0 heterocycles. The molecule has 0 amide bonds. The first kappa shape index (κ1) is 45.9. The van der Waals surface area contributed by atoms with Gasteiger partial charge in [0.15, 0.2) is 24.1 Å². The van der Waals surface area contributed by atoms with E-state index in [2.05, 4.69) is 19.6 Å². The number of carbonyl (C=O) groups is 1. The Morgan fingerprint density at radius 2 is 0.846 bits per heavy atom. The molecule has 0 saturated carbocycles. The van der Waals surface area contributed by atoms with Crippen LogP contribution < -0.4 is 28.4 Å². The van der Waals surface area contributed by atoms with Crippen LogP contribution in [-0.2, 0) is 37.8 Å². The third-order valence-corrected chi connectivity index (χ3v) is 12.0. The van der Waals surface area contributed by atoms with Crippen molar-refractivity contribution in [2.24, 2.45) is 0 Å². The van der Waals surface area contributed by atoms with E-state index in [9.17, 15) is 4.79 Å². The van der Waals surface area contributed by atoms with Crippen LogP contribution in [-0.4, -0.2) is 27.3 Å². The van der Waals surface area contributed by atoms with Crippen molar-refractivity contribution >= 4 is 19.9 Å². The van der Waals surface area contributed by atoms with Gasteiger partial charge in [-0.3, -0.25) is 4.79 Å².